The Labute approximate surface area is 375 Å². The third-order valence-corrected chi connectivity index (χ3v) is 9.36. The molecule has 0 unspecified atom stereocenters. The molecule has 0 radical (unpaired) electrons. The summed E-state index contributed by atoms with van der Waals surface area (Å²) in [7, 11) is -5.20. The first kappa shape index (κ1) is 45.2. The number of benzene rings is 4. The summed E-state index contributed by atoms with van der Waals surface area (Å²) in [5.41, 5.74) is 14.1. The molecule has 6 rings (SSSR count). The van der Waals surface area contributed by atoms with E-state index in [9.17, 15) is 42.0 Å². The van der Waals surface area contributed by atoms with Gasteiger partial charge >= 0.3 is 59.1 Å². The molecule has 2 aliphatic carbocycles. The molecule has 0 spiro atoms. The second kappa shape index (κ2) is 18.8. The zero-order valence-electron chi connectivity index (χ0n) is 31.4. The fourth-order valence-electron chi connectivity index (χ4n) is 5.49. The van der Waals surface area contributed by atoms with Crippen LogP contribution in [0.5, 0.6) is 0 Å². The zero-order chi connectivity index (χ0) is 40.3. The van der Waals surface area contributed by atoms with Crippen molar-refractivity contribution in [3.8, 4) is 0 Å². The van der Waals surface area contributed by atoms with E-state index >= 15 is 0 Å². The number of ketones is 2. The minimum absolute atomic E-state index is 0. The number of rotatable bonds is 10. The molecule has 58 heavy (non-hydrogen) atoms. The largest absolute Gasteiger partial charge is 1.00 e. The number of amides is 2. The van der Waals surface area contributed by atoms with Gasteiger partial charge in [0.15, 0.2) is 5.78 Å². The van der Waals surface area contributed by atoms with Crippen LogP contribution in [0.2, 0.25) is 0 Å². The number of nitrogens with one attached hydrogen (secondary N) is 4. The number of hydrogen-bond donors (Lipinski definition) is 5. The van der Waals surface area contributed by atoms with Gasteiger partial charge in [0.05, 0.1) is 28.0 Å². The fraction of sp³-hybridized carbons (Fsp3) is 0.0513. The van der Waals surface area contributed by atoms with Gasteiger partial charge in [-0.05, 0) is 134 Å². The van der Waals surface area contributed by atoms with E-state index in [0.717, 1.165) is 18.2 Å². The van der Waals surface area contributed by atoms with Crippen molar-refractivity contribution in [2.45, 2.75) is 13.8 Å². The Morgan fingerprint density at radius 2 is 1.31 bits per heavy atom. The van der Waals surface area contributed by atoms with Gasteiger partial charge in [0.1, 0.15) is 15.8 Å². The monoisotopic (exact) mass is 817 g/mol. The third-order valence-electron chi connectivity index (χ3n) is 8.51. The van der Waals surface area contributed by atoms with Crippen LogP contribution in [-0.4, -0.2) is 53.7 Å². The quantitative estimate of drug-likeness (QED) is 0.0279. The number of fused-ring (bicyclic) bond motifs is 1. The average molecular weight is 818 g/mol. The topological polar surface area (TPSA) is 264 Å². The number of anilines is 5. The van der Waals surface area contributed by atoms with Gasteiger partial charge in [-0.3, -0.25) is 30.0 Å². The van der Waals surface area contributed by atoms with Crippen LogP contribution in [0.1, 0.15) is 47.8 Å². The molecule has 0 heterocycles. The number of allylic oxidation sites excluding steroid dienone is 4. The molecular weight excluding hydrogens is 789 g/mol. The maximum absolute atomic E-state index is 13.5. The van der Waals surface area contributed by atoms with Crippen molar-refractivity contribution in [1.29, 1.82) is 0 Å². The summed E-state index contributed by atoms with van der Waals surface area (Å²) < 4.78 is 36.9. The van der Waals surface area contributed by atoms with E-state index in [1.54, 1.807) is 56.3 Å². The van der Waals surface area contributed by atoms with Crippen LogP contribution in [0.3, 0.4) is 0 Å². The molecule has 0 saturated carbocycles. The number of carboxylic acids is 1. The number of hydrogen-bond acceptors (Lipinski definition) is 14. The standard InChI is InChI=1S/C39H31N7O9S.2Na/c1-20-15-22(3-12-31(20)40)38(50)42-27-9-11-29-24(17-27)18-34(56(53,54)55)35(36(29)48)46-45-32-13-4-23(16-21(32)2)37(49)41-25-5-7-26(8-6-25)43-44-28-10-14-33(47)30(19-28)39(51)52;;/h3-19,43,45H,40H2,1-2H3,(H,41,49)(H,42,50)(H,51,52)(H,53,54,55);;/q;2*+1/p-2/b44-28+,46-35+;;. The van der Waals surface area contributed by atoms with E-state index in [4.69, 9.17) is 5.73 Å². The van der Waals surface area contributed by atoms with Gasteiger partial charge in [0.25, 0.3) is 11.8 Å². The fourth-order valence-corrected chi connectivity index (χ4v) is 6.13. The third kappa shape index (κ3) is 10.5. The van der Waals surface area contributed by atoms with Gasteiger partial charge < -0.3 is 30.8 Å². The number of Topliss-reactive ketones (excluding diaryl/α,β-unsaturated/α-hetero) is 1. The summed E-state index contributed by atoms with van der Waals surface area (Å²) in [6.07, 6.45) is 4.51. The number of nitrogens with zero attached hydrogens (tertiary/aromatic N) is 2. The van der Waals surface area contributed by atoms with Gasteiger partial charge in [0, 0.05) is 39.3 Å². The number of hydrazone groups is 2. The van der Waals surface area contributed by atoms with E-state index < -0.39 is 55.7 Å². The Morgan fingerprint density at radius 1 is 0.707 bits per heavy atom. The molecule has 282 valence electrons. The SMILES string of the molecule is Cc1cc(C(=O)Nc2ccc3c(c2)C=C(S(=O)(=O)[O-])/C(=N\Nc2ccc(C(=O)Nc4ccc(N/N=C5\C=CC(=O)C(C(=O)[O-])=C5)cc4)cc2C)C3=O)ccc1N.[Na+].[Na+]. The molecule has 19 heteroatoms. The smallest absolute Gasteiger partial charge is 0.744 e. The zero-order valence-corrected chi connectivity index (χ0v) is 36.2. The van der Waals surface area contributed by atoms with Crippen molar-refractivity contribution in [3.63, 3.8) is 0 Å². The summed E-state index contributed by atoms with van der Waals surface area (Å²) in [5, 5.41) is 24.6. The predicted octanol–water partition coefficient (Wildman–Crippen LogP) is -2.47. The molecule has 2 amide bonds. The first-order valence-electron chi connectivity index (χ1n) is 16.5. The average Bonchev–Trinajstić information content (AvgIpc) is 3.15. The molecule has 0 bridgehead atoms. The Balaban J connectivity index is 0.00000372. The van der Waals surface area contributed by atoms with Crippen LogP contribution in [0.4, 0.5) is 28.4 Å². The predicted molar refractivity (Wildman–Crippen MR) is 207 cm³/mol. The molecule has 0 aromatic heterocycles. The van der Waals surface area contributed by atoms with Crippen LogP contribution >= 0.6 is 0 Å². The van der Waals surface area contributed by atoms with Crippen molar-refractivity contribution >= 4 is 85.4 Å². The number of aliphatic carboxylic acids is 1. The molecule has 4 aromatic carbocycles. The van der Waals surface area contributed by atoms with Crippen molar-refractivity contribution < 1.29 is 101 Å². The van der Waals surface area contributed by atoms with Crippen LogP contribution in [0, 0.1) is 13.8 Å². The molecule has 2 aliphatic rings. The number of carboxylic acid groups (broad SMARTS) is 1. The minimum atomic E-state index is -5.20. The van der Waals surface area contributed by atoms with Crippen molar-refractivity contribution in [1.82, 2.24) is 0 Å². The van der Waals surface area contributed by atoms with Gasteiger partial charge in [0.2, 0.25) is 5.78 Å². The minimum Gasteiger partial charge on any atom is -0.744 e. The Bertz CT molecular complexity index is 2660. The van der Waals surface area contributed by atoms with Crippen LogP contribution in [-0.2, 0) is 19.7 Å². The summed E-state index contributed by atoms with van der Waals surface area (Å²) in [6.45, 7) is 3.39. The maximum atomic E-state index is 13.5. The van der Waals surface area contributed by atoms with E-state index in [-0.39, 0.29) is 87.2 Å². The van der Waals surface area contributed by atoms with Crippen molar-refractivity contribution in [3.05, 3.63) is 141 Å². The van der Waals surface area contributed by atoms with Gasteiger partial charge in [-0.25, -0.2) is 8.42 Å². The molecule has 4 aromatic rings. The van der Waals surface area contributed by atoms with Crippen molar-refractivity contribution in [2.24, 2.45) is 10.2 Å². The number of aryl methyl sites for hydroxylation is 2. The first-order valence-corrected chi connectivity index (χ1v) is 17.9. The molecule has 16 nitrogen and oxygen atoms in total. The molecule has 0 atom stereocenters. The molecule has 0 aliphatic heterocycles. The van der Waals surface area contributed by atoms with Crippen molar-refractivity contribution in [2.75, 3.05) is 27.2 Å². The van der Waals surface area contributed by atoms with Crippen LogP contribution in [0.15, 0.2) is 118 Å². The van der Waals surface area contributed by atoms with Crippen LogP contribution in [0.25, 0.3) is 6.08 Å². The second-order valence-corrected chi connectivity index (χ2v) is 13.8. The summed E-state index contributed by atoms with van der Waals surface area (Å²) in [6, 6.07) is 19.8. The Hall–Kier alpha value is -5.50. The summed E-state index contributed by atoms with van der Waals surface area (Å²) >= 11 is 0. The molecular formula is C39H29N7Na2O9S. The number of nitrogens with two attached hydrogens (primary N) is 1. The number of carbonyl (C=O) groups excluding carboxylic acids is 5. The van der Waals surface area contributed by atoms with Crippen LogP contribution < -0.4 is 91.4 Å². The summed E-state index contributed by atoms with van der Waals surface area (Å²) in [4.78, 5) is 61.2. The summed E-state index contributed by atoms with van der Waals surface area (Å²) in [5.74, 6) is -4.09. The van der Waals surface area contributed by atoms with E-state index in [1.807, 2.05) is 0 Å². The molecule has 0 fully saturated rings. The molecule has 6 N–H and O–H groups in total. The number of nitrogen functional groups attached to an aromatic ring is 1. The first-order chi connectivity index (χ1) is 26.6. The number of carbonyl (C=O) groups is 5. The van der Waals surface area contributed by atoms with E-state index in [1.165, 1.54) is 42.5 Å². The Morgan fingerprint density at radius 3 is 1.93 bits per heavy atom. The second-order valence-electron chi connectivity index (χ2n) is 12.4. The van der Waals surface area contributed by atoms with E-state index in [2.05, 4.69) is 31.7 Å². The molecule has 0 saturated heterocycles. The van der Waals surface area contributed by atoms with Gasteiger partial charge in [-0.15, -0.1) is 0 Å². The maximum Gasteiger partial charge on any atom is 1.00 e. The van der Waals surface area contributed by atoms with Gasteiger partial charge in [-0.1, -0.05) is 0 Å². The Kier molecular flexibility index (Phi) is 14.7. The van der Waals surface area contributed by atoms with Gasteiger partial charge in [-0.2, -0.15) is 10.2 Å². The van der Waals surface area contributed by atoms with E-state index in [0.29, 0.717) is 39.4 Å². The normalized spacial score (nSPS) is 14.6.